The average molecular weight is 587 g/mol. The van der Waals surface area contributed by atoms with Gasteiger partial charge in [-0.15, -0.1) is 0 Å². The summed E-state index contributed by atoms with van der Waals surface area (Å²) < 4.78 is 38.0. The molecule has 0 radical (unpaired) electrons. The third-order valence-electron chi connectivity index (χ3n) is 7.76. The standard InChI is InChI=1S/C18H23FN2O3.C13H17FN2O2/c19-15-9-11-20(12-16(15)21-10-5-4-8-17(21)22)18(23)24-13-14-6-2-1-3-7-14;14-11-6-7-16(8-12(11)15)13(17)18-9-10-4-2-1-3-5-10/h1-3,6-7,15-16H,4-5,8-13H2;1-5,11-12H,6-9,15H2. The third-order valence-corrected chi connectivity index (χ3v) is 7.76. The minimum absolute atomic E-state index is 0.00611. The Labute approximate surface area is 245 Å². The number of carbonyl (C=O) groups is 3. The number of nitrogens with two attached hydrogens (primary N) is 1. The van der Waals surface area contributed by atoms with Crippen molar-refractivity contribution in [3.63, 3.8) is 0 Å². The molecule has 3 aliphatic rings. The summed E-state index contributed by atoms with van der Waals surface area (Å²) in [4.78, 5) is 40.7. The van der Waals surface area contributed by atoms with Crippen molar-refractivity contribution in [2.75, 3.05) is 32.7 Å². The van der Waals surface area contributed by atoms with Gasteiger partial charge in [-0.2, -0.15) is 0 Å². The van der Waals surface area contributed by atoms with E-state index in [1.807, 2.05) is 60.7 Å². The number of carbonyl (C=O) groups excluding carboxylic acids is 3. The highest BCUT2D eigenvalue weighted by atomic mass is 19.1. The smallest absolute Gasteiger partial charge is 0.410 e. The highest BCUT2D eigenvalue weighted by Crippen LogP contribution is 2.24. The molecule has 42 heavy (non-hydrogen) atoms. The molecule has 2 aromatic rings. The minimum atomic E-state index is -1.08. The fourth-order valence-electron chi connectivity index (χ4n) is 5.28. The summed E-state index contributed by atoms with van der Waals surface area (Å²) in [5.41, 5.74) is 7.43. The Kier molecular flexibility index (Phi) is 11.5. The van der Waals surface area contributed by atoms with Crippen molar-refractivity contribution in [3.05, 3.63) is 71.8 Å². The predicted octanol–water partition coefficient (Wildman–Crippen LogP) is 4.44. The van der Waals surface area contributed by atoms with E-state index in [4.69, 9.17) is 15.2 Å². The molecule has 0 aliphatic carbocycles. The molecule has 3 aliphatic heterocycles. The number of nitrogens with zero attached hydrogens (tertiary/aromatic N) is 3. The quantitative estimate of drug-likeness (QED) is 0.556. The van der Waals surface area contributed by atoms with Crippen LogP contribution in [0.25, 0.3) is 0 Å². The minimum Gasteiger partial charge on any atom is -0.445 e. The number of hydrogen-bond acceptors (Lipinski definition) is 6. The maximum absolute atomic E-state index is 14.3. The summed E-state index contributed by atoms with van der Waals surface area (Å²) in [6.45, 7) is 2.12. The monoisotopic (exact) mass is 586 g/mol. The van der Waals surface area contributed by atoms with Crippen LogP contribution in [-0.2, 0) is 27.5 Å². The Hall–Kier alpha value is -3.73. The lowest BCUT2D eigenvalue weighted by Crippen LogP contribution is -2.57. The van der Waals surface area contributed by atoms with Gasteiger partial charge in [-0.3, -0.25) is 4.79 Å². The first-order valence-electron chi connectivity index (χ1n) is 14.6. The zero-order valence-electron chi connectivity index (χ0n) is 23.8. The molecule has 0 saturated carbocycles. The molecular formula is C31H40F2N4O5. The van der Waals surface area contributed by atoms with Crippen molar-refractivity contribution in [2.45, 2.75) is 69.7 Å². The van der Waals surface area contributed by atoms with Crippen LogP contribution in [0.3, 0.4) is 0 Å². The summed E-state index contributed by atoms with van der Waals surface area (Å²) in [5.74, 6) is -0.00611. The highest BCUT2D eigenvalue weighted by Gasteiger charge is 2.38. The second-order valence-electron chi connectivity index (χ2n) is 10.9. The van der Waals surface area contributed by atoms with Gasteiger partial charge in [-0.1, -0.05) is 60.7 Å². The Morgan fingerprint density at radius 2 is 1.29 bits per heavy atom. The molecule has 11 heteroatoms. The summed E-state index contributed by atoms with van der Waals surface area (Å²) in [6.07, 6.45) is -0.220. The molecule has 3 heterocycles. The molecule has 2 N–H and O–H groups in total. The number of halogens is 2. The van der Waals surface area contributed by atoms with E-state index in [2.05, 4.69) is 0 Å². The Morgan fingerprint density at radius 3 is 1.81 bits per heavy atom. The second kappa shape index (κ2) is 15.5. The lowest BCUT2D eigenvalue weighted by molar-refractivity contribution is -0.139. The molecule has 2 aromatic carbocycles. The normalized spacial score (nSPS) is 24.4. The molecule has 4 atom stereocenters. The molecular weight excluding hydrogens is 546 g/mol. The molecule has 3 fully saturated rings. The zero-order valence-corrected chi connectivity index (χ0v) is 23.8. The van der Waals surface area contributed by atoms with Crippen LogP contribution in [0.2, 0.25) is 0 Å². The fraction of sp³-hybridized carbons (Fsp3) is 0.516. The second-order valence-corrected chi connectivity index (χ2v) is 10.9. The van der Waals surface area contributed by atoms with E-state index in [1.165, 1.54) is 9.80 Å². The molecule has 5 rings (SSSR count). The van der Waals surface area contributed by atoms with Crippen LogP contribution in [-0.4, -0.2) is 89.9 Å². The number of ether oxygens (including phenoxy) is 2. The summed E-state index contributed by atoms with van der Waals surface area (Å²) in [5, 5.41) is 0. The van der Waals surface area contributed by atoms with Crippen LogP contribution in [0.15, 0.2) is 60.7 Å². The lowest BCUT2D eigenvalue weighted by atomic mass is 9.99. The van der Waals surface area contributed by atoms with Crippen LogP contribution in [0, 0.1) is 0 Å². The van der Waals surface area contributed by atoms with Crippen LogP contribution in [0.5, 0.6) is 0 Å². The average Bonchev–Trinajstić information content (AvgIpc) is 3.02. The van der Waals surface area contributed by atoms with Gasteiger partial charge in [-0.05, 0) is 36.8 Å². The van der Waals surface area contributed by atoms with Crippen molar-refractivity contribution in [3.8, 4) is 0 Å². The van der Waals surface area contributed by atoms with Gasteiger partial charge in [0.15, 0.2) is 0 Å². The first-order valence-corrected chi connectivity index (χ1v) is 14.6. The molecule has 3 saturated heterocycles. The zero-order chi connectivity index (χ0) is 29.9. The molecule has 0 bridgehead atoms. The Bertz CT molecular complexity index is 1160. The maximum Gasteiger partial charge on any atom is 0.410 e. The SMILES string of the molecule is NC1CN(C(=O)OCc2ccccc2)CCC1F.O=C(OCc1ccccc1)N1CCC(F)C(N2CCCCC2=O)C1. The third kappa shape index (κ3) is 8.88. The van der Waals surface area contributed by atoms with Gasteiger partial charge in [-0.25, -0.2) is 18.4 Å². The van der Waals surface area contributed by atoms with Gasteiger partial charge in [0, 0.05) is 39.1 Å². The number of amides is 3. The van der Waals surface area contributed by atoms with E-state index < -0.39 is 36.6 Å². The van der Waals surface area contributed by atoms with Crippen LogP contribution in [0.4, 0.5) is 18.4 Å². The molecule has 3 amide bonds. The number of likely N-dealkylation sites (tertiary alicyclic amines) is 3. The van der Waals surface area contributed by atoms with Crippen molar-refractivity contribution in [2.24, 2.45) is 5.73 Å². The fourth-order valence-corrected chi connectivity index (χ4v) is 5.28. The number of rotatable bonds is 5. The van der Waals surface area contributed by atoms with Gasteiger partial charge in [0.25, 0.3) is 0 Å². The Balaban J connectivity index is 0.000000201. The molecule has 228 valence electrons. The summed E-state index contributed by atoms with van der Waals surface area (Å²) in [6, 6.07) is 17.7. The van der Waals surface area contributed by atoms with Crippen LogP contribution in [0.1, 0.15) is 43.2 Å². The van der Waals surface area contributed by atoms with Gasteiger partial charge < -0.3 is 29.9 Å². The van der Waals surface area contributed by atoms with E-state index in [0.29, 0.717) is 26.1 Å². The summed E-state index contributed by atoms with van der Waals surface area (Å²) in [7, 11) is 0. The number of piperidine rings is 3. The molecule has 4 unspecified atom stereocenters. The highest BCUT2D eigenvalue weighted by molar-refractivity contribution is 5.77. The van der Waals surface area contributed by atoms with Crippen molar-refractivity contribution < 1.29 is 32.6 Å². The van der Waals surface area contributed by atoms with Crippen LogP contribution < -0.4 is 5.73 Å². The first-order chi connectivity index (χ1) is 20.3. The van der Waals surface area contributed by atoms with Crippen molar-refractivity contribution in [1.82, 2.24) is 14.7 Å². The largest absolute Gasteiger partial charge is 0.445 e. The number of benzene rings is 2. The number of hydrogen-bond donors (Lipinski definition) is 1. The first kappa shape index (κ1) is 31.2. The van der Waals surface area contributed by atoms with Gasteiger partial charge in [0.2, 0.25) is 5.91 Å². The summed E-state index contributed by atoms with van der Waals surface area (Å²) >= 11 is 0. The van der Waals surface area contributed by atoms with Crippen molar-refractivity contribution in [1.29, 1.82) is 0 Å². The molecule has 0 aromatic heterocycles. The van der Waals surface area contributed by atoms with E-state index in [0.717, 1.165) is 24.0 Å². The van der Waals surface area contributed by atoms with Gasteiger partial charge >= 0.3 is 12.2 Å². The van der Waals surface area contributed by atoms with Gasteiger partial charge in [0.05, 0.1) is 12.1 Å². The van der Waals surface area contributed by atoms with Crippen molar-refractivity contribution >= 4 is 18.1 Å². The lowest BCUT2D eigenvalue weighted by Gasteiger charge is -2.42. The van der Waals surface area contributed by atoms with E-state index in [1.54, 1.807) is 4.90 Å². The molecule has 9 nitrogen and oxygen atoms in total. The van der Waals surface area contributed by atoms with E-state index in [9.17, 15) is 23.2 Å². The van der Waals surface area contributed by atoms with E-state index in [-0.39, 0.29) is 45.1 Å². The topological polar surface area (TPSA) is 105 Å². The predicted molar refractivity (Wildman–Crippen MR) is 153 cm³/mol. The maximum atomic E-state index is 14.3. The number of alkyl halides is 2. The Morgan fingerprint density at radius 1 is 0.762 bits per heavy atom. The van der Waals surface area contributed by atoms with Gasteiger partial charge in [0.1, 0.15) is 25.6 Å². The van der Waals surface area contributed by atoms with Crippen LogP contribution >= 0.6 is 0 Å². The van der Waals surface area contributed by atoms with E-state index >= 15 is 0 Å². The molecule has 0 spiro atoms.